The third-order valence-corrected chi connectivity index (χ3v) is 7.15. The molecule has 1 N–H and O–H groups in total. The van der Waals surface area contributed by atoms with E-state index in [1.54, 1.807) is 48.5 Å². The first-order chi connectivity index (χ1) is 14.4. The Morgan fingerprint density at radius 3 is 2.30 bits per heavy atom. The summed E-state index contributed by atoms with van der Waals surface area (Å²) < 4.78 is 28.2. The molecule has 0 saturated carbocycles. The number of carbonyl (C=O) groups is 1. The quantitative estimate of drug-likeness (QED) is 0.591. The molecule has 1 aliphatic heterocycles. The van der Waals surface area contributed by atoms with E-state index in [1.807, 2.05) is 17.0 Å². The highest BCUT2D eigenvalue weighted by Crippen LogP contribution is 2.21. The Kier molecular flexibility index (Phi) is 6.04. The first kappa shape index (κ1) is 20.8. The number of sulfonamides is 1. The zero-order valence-corrected chi connectivity index (χ0v) is 18.6. The van der Waals surface area contributed by atoms with Gasteiger partial charge in [0.05, 0.1) is 4.90 Å². The molecule has 0 spiro atoms. The van der Waals surface area contributed by atoms with E-state index in [-0.39, 0.29) is 17.3 Å². The lowest BCUT2D eigenvalue weighted by Gasteiger charge is -2.29. The molecule has 0 saturated heterocycles. The average molecular weight is 485 g/mol. The van der Waals surface area contributed by atoms with Gasteiger partial charge >= 0.3 is 0 Å². The number of amides is 1. The zero-order valence-electron chi connectivity index (χ0n) is 16.2. The molecule has 3 aromatic carbocycles. The largest absolute Gasteiger partial charge is 0.334 e. The smallest absolute Gasteiger partial charge is 0.254 e. The zero-order chi connectivity index (χ0) is 21.1. The number of benzene rings is 3. The van der Waals surface area contributed by atoms with E-state index in [4.69, 9.17) is 0 Å². The Hall–Kier alpha value is -2.48. The van der Waals surface area contributed by atoms with Gasteiger partial charge in [0.25, 0.3) is 5.91 Å². The van der Waals surface area contributed by atoms with Crippen LogP contribution in [0, 0.1) is 0 Å². The second-order valence-electron chi connectivity index (χ2n) is 7.22. The van der Waals surface area contributed by atoms with Crippen LogP contribution in [-0.4, -0.2) is 25.8 Å². The summed E-state index contributed by atoms with van der Waals surface area (Å²) in [4.78, 5) is 14.9. The minimum atomic E-state index is -3.59. The molecule has 0 aliphatic carbocycles. The minimum Gasteiger partial charge on any atom is -0.334 e. The standard InChI is InChI=1S/C23H21BrN2O3S/c24-21-9-11-22(12-10-21)30(28,29)25-15-17-5-7-19(8-6-17)23(27)26-14-13-18-3-1-2-4-20(18)16-26/h1-12,25H,13-16H2. The normalized spacial score (nSPS) is 13.7. The van der Waals surface area contributed by atoms with Crippen molar-refractivity contribution in [2.45, 2.75) is 24.4 Å². The Labute approximate surface area is 184 Å². The molecule has 7 heteroatoms. The first-order valence-corrected chi connectivity index (χ1v) is 11.9. The monoisotopic (exact) mass is 484 g/mol. The molecule has 0 aromatic heterocycles. The van der Waals surface area contributed by atoms with Gasteiger partial charge in [0, 0.05) is 29.7 Å². The molecule has 0 unspecified atom stereocenters. The molecule has 154 valence electrons. The van der Waals surface area contributed by atoms with Gasteiger partial charge in [-0.05, 0) is 59.5 Å². The van der Waals surface area contributed by atoms with E-state index in [2.05, 4.69) is 32.8 Å². The van der Waals surface area contributed by atoms with Crippen molar-refractivity contribution in [2.24, 2.45) is 0 Å². The maximum Gasteiger partial charge on any atom is 0.254 e. The lowest BCUT2D eigenvalue weighted by molar-refractivity contribution is 0.0734. The number of nitrogens with zero attached hydrogens (tertiary/aromatic N) is 1. The first-order valence-electron chi connectivity index (χ1n) is 9.63. The summed E-state index contributed by atoms with van der Waals surface area (Å²) in [5.41, 5.74) is 3.89. The number of halogens is 1. The van der Waals surface area contributed by atoms with Crippen molar-refractivity contribution in [1.82, 2.24) is 9.62 Å². The van der Waals surface area contributed by atoms with E-state index < -0.39 is 10.0 Å². The summed E-state index contributed by atoms with van der Waals surface area (Å²) in [7, 11) is -3.59. The van der Waals surface area contributed by atoms with Crippen molar-refractivity contribution in [3.63, 3.8) is 0 Å². The molecular formula is C23H21BrN2O3S. The van der Waals surface area contributed by atoms with E-state index in [0.29, 0.717) is 18.7 Å². The van der Waals surface area contributed by atoms with E-state index >= 15 is 0 Å². The topological polar surface area (TPSA) is 66.5 Å². The Morgan fingerprint density at radius 1 is 0.933 bits per heavy atom. The van der Waals surface area contributed by atoms with E-state index in [9.17, 15) is 13.2 Å². The van der Waals surface area contributed by atoms with Gasteiger partial charge in [0.2, 0.25) is 10.0 Å². The molecule has 0 fully saturated rings. The lowest BCUT2D eigenvalue weighted by Crippen LogP contribution is -2.35. The third-order valence-electron chi connectivity index (χ3n) is 5.21. The number of fused-ring (bicyclic) bond motifs is 1. The molecule has 3 aromatic rings. The van der Waals surface area contributed by atoms with Crippen LogP contribution in [0.1, 0.15) is 27.0 Å². The van der Waals surface area contributed by atoms with Gasteiger partial charge in [0.15, 0.2) is 0 Å². The Balaban J connectivity index is 1.39. The van der Waals surface area contributed by atoms with Gasteiger partial charge in [-0.1, -0.05) is 52.3 Å². The van der Waals surface area contributed by atoms with Crippen LogP contribution in [0.25, 0.3) is 0 Å². The van der Waals surface area contributed by atoms with Gasteiger partial charge in [0.1, 0.15) is 0 Å². The molecule has 1 aliphatic rings. The fraction of sp³-hybridized carbons (Fsp3) is 0.174. The van der Waals surface area contributed by atoms with Crippen molar-refractivity contribution in [2.75, 3.05) is 6.54 Å². The van der Waals surface area contributed by atoms with E-state index in [1.165, 1.54) is 11.1 Å². The third kappa shape index (κ3) is 4.64. The molecular weight excluding hydrogens is 464 g/mol. The highest BCUT2D eigenvalue weighted by Gasteiger charge is 2.21. The van der Waals surface area contributed by atoms with Crippen LogP contribution in [0.15, 0.2) is 82.2 Å². The number of hydrogen-bond donors (Lipinski definition) is 1. The van der Waals surface area contributed by atoms with Crippen molar-refractivity contribution in [3.05, 3.63) is 99.5 Å². The van der Waals surface area contributed by atoms with Gasteiger partial charge < -0.3 is 4.90 Å². The van der Waals surface area contributed by atoms with Crippen LogP contribution in [0.4, 0.5) is 0 Å². The summed E-state index contributed by atoms with van der Waals surface area (Å²) in [6.45, 7) is 1.47. The van der Waals surface area contributed by atoms with Crippen molar-refractivity contribution in [3.8, 4) is 0 Å². The molecule has 0 atom stereocenters. The fourth-order valence-corrected chi connectivity index (χ4v) is 4.77. The maximum atomic E-state index is 12.9. The average Bonchev–Trinajstić information content (AvgIpc) is 2.77. The van der Waals surface area contributed by atoms with Crippen molar-refractivity contribution in [1.29, 1.82) is 0 Å². The van der Waals surface area contributed by atoms with E-state index in [0.717, 1.165) is 16.5 Å². The molecule has 0 radical (unpaired) electrons. The Morgan fingerprint density at radius 2 is 1.60 bits per heavy atom. The van der Waals surface area contributed by atoms with Crippen LogP contribution >= 0.6 is 15.9 Å². The number of nitrogens with one attached hydrogen (secondary N) is 1. The van der Waals surface area contributed by atoms with Crippen LogP contribution in [0.5, 0.6) is 0 Å². The van der Waals surface area contributed by atoms with Crippen LogP contribution in [-0.2, 0) is 29.5 Å². The van der Waals surface area contributed by atoms with Crippen LogP contribution in [0.2, 0.25) is 0 Å². The number of rotatable bonds is 5. The number of hydrogen-bond acceptors (Lipinski definition) is 3. The molecule has 0 bridgehead atoms. The van der Waals surface area contributed by atoms with Gasteiger partial charge in [-0.3, -0.25) is 4.79 Å². The van der Waals surface area contributed by atoms with Crippen LogP contribution < -0.4 is 4.72 Å². The van der Waals surface area contributed by atoms with Gasteiger partial charge in [-0.2, -0.15) is 0 Å². The predicted octanol–water partition coefficient (Wildman–Crippen LogP) is 4.13. The SMILES string of the molecule is O=C(c1ccc(CNS(=O)(=O)c2ccc(Br)cc2)cc1)N1CCc2ccccc2C1. The molecule has 5 nitrogen and oxygen atoms in total. The van der Waals surface area contributed by atoms with Gasteiger partial charge in [-0.25, -0.2) is 13.1 Å². The fourth-order valence-electron chi connectivity index (χ4n) is 3.49. The van der Waals surface area contributed by atoms with Crippen molar-refractivity contribution < 1.29 is 13.2 Å². The minimum absolute atomic E-state index is 0.00787. The molecule has 1 heterocycles. The summed E-state index contributed by atoms with van der Waals surface area (Å²) in [5.74, 6) is -0.00787. The summed E-state index contributed by atoms with van der Waals surface area (Å²) in [6, 6.07) is 21.8. The molecule has 1 amide bonds. The predicted molar refractivity (Wildman–Crippen MR) is 119 cm³/mol. The maximum absolute atomic E-state index is 12.9. The highest BCUT2D eigenvalue weighted by molar-refractivity contribution is 9.10. The Bertz CT molecular complexity index is 1160. The number of carbonyl (C=O) groups excluding carboxylic acids is 1. The molecule has 30 heavy (non-hydrogen) atoms. The second kappa shape index (κ2) is 8.71. The molecule has 4 rings (SSSR count). The second-order valence-corrected chi connectivity index (χ2v) is 9.90. The lowest BCUT2D eigenvalue weighted by atomic mass is 9.99. The van der Waals surface area contributed by atoms with Gasteiger partial charge in [-0.15, -0.1) is 0 Å². The summed E-state index contributed by atoms with van der Waals surface area (Å²) in [5, 5.41) is 0. The highest BCUT2D eigenvalue weighted by atomic mass is 79.9. The van der Waals surface area contributed by atoms with Crippen molar-refractivity contribution >= 4 is 31.9 Å². The van der Waals surface area contributed by atoms with Crippen LogP contribution in [0.3, 0.4) is 0 Å². The summed E-state index contributed by atoms with van der Waals surface area (Å²) >= 11 is 3.30. The summed E-state index contributed by atoms with van der Waals surface area (Å²) in [6.07, 6.45) is 0.859.